The van der Waals surface area contributed by atoms with E-state index in [1.807, 2.05) is 6.92 Å². The lowest BCUT2D eigenvalue weighted by atomic mass is 10.1. The van der Waals surface area contributed by atoms with Crippen LogP contribution in [0.3, 0.4) is 0 Å². The first-order valence-electron chi connectivity index (χ1n) is 9.44. The van der Waals surface area contributed by atoms with E-state index < -0.39 is 10.0 Å². The van der Waals surface area contributed by atoms with Crippen LogP contribution in [-0.2, 0) is 16.6 Å². The van der Waals surface area contributed by atoms with Gasteiger partial charge in [-0.05, 0) is 62.1 Å². The Labute approximate surface area is 165 Å². The number of piperidine rings is 1. The summed E-state index contributed by atoms with van der Waals surface area (Å²) in [6, 6.07) is 10.5. The van der Waals surface area contributed by atoms with Crippen molar-refractivity contribution in [2.24, 2.45) is 0 Å². The number of benzene rings is 2. The van der Waals surface area contributed by atoms with Crippen molar-refractivity contribution in [1.82, 2.24) is 9.62 Å². The standard InChI is InChI=1S/C21H25FN2O3S/c1-15-6-11-19(28(26,27)24-12-4-3-5-16(24)2)13-20(15)21(25)23-14-17-7-9-18(22)10-8-17/h6-11,13,16H,3-5,12,14H2,1-2H3,(H,23,25). The van der Waals surface area contributed by atoms with Gasteiger partial charge >= 0.3 is 0 Å². The van der Waals surface area contributed by atoms with E-state index in [9.17, 15) is 17.6 Å². The number of carbonyl (C=O) groups is 1. The lowest BCUT2D eigenvalue weighted by molar-refractivity contribution is 0.0950. The molecule has 0 aromatic heterocycles. The zero-order valence-corrected chi connectivity index (χ0v) is 16.9. The van der Waals surface area contributed by atoms with Crippen molar-refractivity contribution in [1.29, 1.82) is 0 Å². The average molecular weight is 405 g/mol. The van der Waals surface area contributed by atoms with Crippen LogP contribution in [0.4, 0.5) is 4.39 Å². The van der Waals surface area contributed by atoms with Gasteiger partial charge in [0, 0.05) is 24.7 Å². The van der Waals surface area contributed by atoms with Gasteiger partial charge in [0.2, 0.25) is 10.0 Å². The van der Waals surface area contributed by atoms with E-state index in [-0.39, 0.29) is 29.2 Å². The second kappa shape index (κ2) is 8.41. The number of rotatable bonds is 5. The summed E-state index contributed by atoms with van der Waals surface area (Å²) in [4.78, 5) is 12.8. The van der Waals surface area contributed by atoms with Gasteiger partial charge in [-0.3, -0.25) is 4.79 Å². The van der Waals surface area contributed by atoms with Gasteiger partial charge in [-0.15, -0.1) is 0 Å². The van der Waals surface area contributed by atoms with Gasteiger partial charge in [0.25, 0.3) is 5.91 Å². The molecule has 3 rings (SSSR count). The largest absolute Gasteiger partial charge is 0.348 e. The molecule has 0 aliphatic carbocycles. The molecule has 28 heavy (non-hydrogen) atoms. The maximum atomic E-state index is 13.1. The molecule has 0 spiro atoms. The summed E-state index contributed by atoms with van der Waals surface area (Å²) in [7, 11) is -3.64. The summed E-state index contributed by atoms with van der Waals surface area (Å²) < 4.78 is 40.6. The fourth-order valence-electron chi connectivity index (χ4n) is 3.45. The molecule has 150 valence electrons. The molecule has 2 aromatic carbocycles. The molecule has 0 saturated carbocycles. The Kier molecular flexibility index (Phi) is 6.15. The van der Waals surface area contributed by atoms with Gasteiger partial charge in [0.05, 0.1) is 4.90 Å². The van der Waals surface area contributed by atoms with E-state index in [0.717, 1.165) is 24.8 Å². The lowest BCUT2D eigenvalue weighted by Gasteiger charge is -2.32. The van der Waals surface area contributed by atoms with Gasteiger partial charge in [-0.1, -0.05) is 24.6 Å². The Bertz CT molecular complexity index is 958. The quantitative estimate of drug-likeness (QED) is 0.828. The van der Waals surface area contributed by atoms with E-state index in [1.54, 1.807) is 31.2 Å². The molecule has 1 aliphatic heterocycles. The molecule has 1 unspecified atom stereocenters. The van der Waals surface area contributed by atoms with Gasteiger partial charge in [0.15, 0.2) is 0 Å². The van der Waals surface area contributed by atoms with Crippen LogP contribution < -0.4 is 5.32 Å². The van der Waals surface area contributed by atoms with Crippen LogP contribution in [-0.4, -0.2) is 31.2 Å². The van der Waals surface area contributed by atoms with E-state index in [4.69, 9.17) is 0 Å². The van der Waals surface area contributed by atoms with Crippen molar-refractivity contribution in [3.63, 3.8) is 0 Å². The fourth-order valence-corrected chi connectivity index (χ4v) is 5.18. The highest BCUT2D eigenvalue weighted by Crippen LogP contribution is 2.26. The predicted molar refractivity (Wildman–Crippen MR) is 106 cm³/mol. The van der Waals surface area contributed by atoms with Crippen LogP contribution >= 0.6 is 0 Å². The first-order chi connectivity index (χ1) is 13.3. The second-order valence-corrected chi connectivity index (χ2v) is 9.14. The van der Waals surface area contributed by atoms with Gasteiger partial charge in [0.1, 0.15) is 5.82 Å². The smallest absolute Gasteiger partial charge is 0.251 e. The maximum absolute atomic E-state index is 13.1. The van der Waals surface area contributed by atoms with Crippen molar-refractivity contribution in [3.8, 4) is 0 Å². The van der Waals surface area contributed by atoms with Crippen molar-refractivity contribution in [2.75, 3.05) is 6.54 Å². The molecule has 1 aliphatic rings. The summed E-state index contributed by atoms with van der Waals surface area (Å²) >= 11 is 0. The van der Waals surface area contributed by atoms with Crippen molar-refractivity contribution in [2.45, 2.75) is 50.6 Å². The normalized spacial score (nSPS) is 18.0. The predicted octanol–water partition coefficient (Wildman–Crippen LogP) is 3.63. The van der Waals surface area contributed by atoms with Crippen LogP contribution in [0.15, 0.2) is 47.4 Å². The molecule has 0 radical (unpaired) electrons. The molecular weight excluding hydrogens is 379 g/mol. The zero-order chi connectivity index (χ0) is 20.3. The highest BCUT2D eigenvalue weighted by atomic mass is 32.2. The first kappa shape index (κ1) is 20.5. The number of hydrogen-bond acceptors (Lipinski definition) is 3. The van der Waals surface area contributed by atoms with Gasteiger partial charge in [-0.2, -0.15) is 4.31 Å². The molecular formula is C21H25FN2O3S. The van der Waals surface area contributed by atoms with Gasteiger partial charge < -0.3 is 5.32 Å². The Balaban J connectivity index is 1.80. The number of amides is 1. The highest BCUT2D eigenvalue weighted by Gasteiger charge is 2.31. The molecule has 1 heterocycles. The topological polar surface area (TPSA) is 66.5 Å². The van der Waals surface area contributed by atoms with E-state index in [0.29, 0.717) is 17.7 Å². The average Bonchev–Trinajstić information content (AvgIpc) is 2.67. The SMILES string of the molecule is Cc1ccc(S(=O)(=O)N2CCCCC2C)cc1C(=O)NCc1ccc(F)cc1. The molecule has 7 heteroatoms. The second-order valence-electron chi connectivity index (χ2n) is 7.25. The minimum atomic E-state index is -3.64. The molecule has 5 nitrogen and oxygen atoms in total. The fraction of sp³-hybridized carbons (Fsp3) is 0.381. The summed E-state index contributed by atoms with van der Waals surface area (Å²) in [5.74, 6) is -0.693. The van der Waals surface area contributed by atoms with Crippen LogP contribution in [0.2, 0.25) is 0 Å². The Morgan fingerprint density at radius 3 is 2.57 bits per heavy atom. The number of aryl methyl sites for hydroxylation is 1. The Morgan fingerprint density at radius 1 is 1.18 bits per heavy atom. The molecule has 2 aromatic rings. The lowest BCUT2D eigenvalue weighted by Crippen LogP contribution is -2.42. The third-order valence-electron chi connectivity index (χ3n) is 5.17. The number of hydrogen-bond donors (Lipinski definition) is 1. The number of halogens is 1. The minimum absolute atomic E-state index is 0.0456. The Hall–Kier alpha value is -2.25. The summed E-state index contributed by atoms with van der Waals surface area (Å²) in [5, 5.41) is 2.77. The molecule has 1 fully saturated rings. The third-order valence-corrected chi connectivity index (χ3v) is 7.18. The molecule has 1 atom stereocenters. The highest BCUT2D eigenvalue weighted by molar-refractivity contribution is 7.89. The molecule has 1 saturated heterocycles. The molecule has 0 bridgehead atoms. The number of nitrogens with zero attached hydrogens (tertiary/aromatic N) is 1. The summed E-state index contributed by atoms with van der Waals surface area (Å²) in [6.45, 7) is 4.43. The summed E-state index contributed by atoms with van der Waals surface area (Å²) in [5.41, 5.74) is 1.79. The monoisotopic (exact) mass is 404 g/mol. The molecule has 1 amide bonds. The first-order valence-corrected chi connectivity index (χ1v) is 10.9. The van der Waals surface area contributed by atoms with Crippen LogP contribution in [0.1, 0.15) is 47.7 Å². The van der Waals surface area contributed by atoms with Crippen molar-refractivity contribution < 1.29 is 17.6 Å². The maximum Gasteiger partial charge on any atom is 0.251 e. The number of nitrogens with one attached hydrogen (secondary N) is 1. The van der Waals surface area contributed by atoms with Crippen molar-refractivity contribution in [3.05, 3.63) is 65.0 Å². The minimum Gasteiger partial charge on any atom is -0.348 e. The third kappa shape index (κ3) is 4.42. The van der Waals surface area contributed by atoms with Crippen LogP contribution in [0, 0.1) is 12.7 Å². The van der Waals surface area contributed by atoms with Crippen LogP contribution in [0.25, 0.3) is 0 Å². The van der Waals surface area contributed by atoms with Gasteiger partial charge in [-0.25, -0.2) is 12.8 Å². The van der Waals surface area contributed by atoms with E-state index in [1.165, 1.54) is 22.5 Å². The van der Waals surface area contributed by atoms with Crippen molar-refractivity contribution >= 4 is 15.9 Å². The molecule has 1 N–H and O–H groups in total. The Morgan fingerprint density at radius 2 is 1.89 bits per heavy atom. The zero-order valence-electron chi connectivity index (χ0n) is 16.1. The number of sulfonamides is 1. The van der Waals surface area contributed by atoms with Crippen LogP contribution in [0.5, 0.6) is 0 Å². The van der Waals surface area contributed by atoms with E-state index in [2.05, 4.69) is 5.32 Å². The summed E-state index contributed by atoms with van der Waals surface area (Å²) in [6.07, 6.45) is 2.72. The number of carbonyl (C=O) groups excluding carboxylic acids is 1. The van der Waals surface area contributed by atoms with E-state index >= 15 is 0 Å².